The standard InChI is InChI=1S/C32H22O2/c33-28(34)18-17-27-29-23-13-5-1-9-19(23)21-11-3-7-15-25(21)31(29)32-26-16-8-4-12-22(26)20-10-2-6-14-24(20)30(27)32/h1-16,27H,17-18H2,(H,33,34). The van der Waals surface area contributed by atoms with E-state index in [0.29, 0.717) is 6.42 Å². The van der Waals surface area contributed by atoms with Gasteiger partial charge in [0.15, 0.2) is 0 Å². The average Bonchev–Trinajstić information content (AvgIpc) is 3.24. The summed E-state index contributed by atoms with van der Waals surface area (Å²) in [6.07, 6.45) is 0.728. The van der Waals surface area contributed by atoms with Crippen molar-refractivity contribution < 1.29 is 9.90 Å². The minimum Gasteiger partial charge on any atom is -0.481 e. The SMILES string of the molecule is O=C(O)CCC1c2c(c3ccccc3c3ccccc23)-c2c1c1ccccc1c1ccccc21. The minimum absolute atomic E-state index is 0.0325. The van der Waals surface area contributed by atoms with Crippen LogP contribution in [0.2, 0.25) is 0 Å². The van der Waals surface area contributed by atoms with Crippen molar-refractivity contribution in [3.63, 3.8) is 0 Å². The van der Waals surface area contributed by atoms with Gasteiger partial charge in [0, 0.05) is 12.3 Å². The van der Waals surface area contributed by atoms with Gasteiger partial charge in [0.1, 0.15) is 0 Å². The number of benzene rings is 6. The molecule has 0 atom stereocenters. The van der Waals surface area contributed by atoms with E-state index in [1.165, 1.54) is 65.3 Å². The number of hydrogen-bond donors (Lipinski definition) is 1. The van der Waals surface area contributed by atoms with Crippen molar-refractivity contribution in [2.24, 2.45) is 0 Å². The van der Waals surface area contributed by atoms with Crippen LogP contribution in [0.25, 0.3) is 54.2 Å². The highest BCUT2D eigenvalue weighted by Crippen LogP contribution is 2.57. The van der Waals surface area contributed by atoms with Crippen molar-refractivity contribution in [1.82, 2.24) is 0 Å². The Balaban J connectivity index is 1.75. The molecule has 0 heterocycles. The predicted molar refractivity (Wildman–Crippen MR) is 141 cm³/mol. The number of hydrogen-bond acceptors (Lipinski definition) is 1. The van der Waals surface area contributed by atoms with E-state index < -0.39 is 5.97 Å². The van der Waals surface area contributed by atoms with Gasteiger partial charge < -0.3 is 5.11 Å². The van der Waals surface area contributed by atoms with Crippen LogP contribution < -0.4 is 0 Å². The van der Waals surface area contributed by atoms with Crippen LogP contribution in [0, 0.1) is 0 Å². The summed E-state index contributed by atoms with van der Waals surface area (Å²) in [6, 6.07) is 34.6. The molecule has 2 heteroatoms. The Morgan fingerprint density at radius 2 is 0.853 bits per heavy atom. The summed E-state index contributed by atoms with van der Waals surface area (Å²) in [6.45, 7) is 0. The fourth-order valence-corrected chi connectivity index (χ4v) is 6.30. The molecule has 0 fully saturated rings. The minimum atomic E-state index is -0.745. The number of carbonyl (C=O) groups is 1. The molecule has 0 bridgehead atoms. The Kier molecular flexibility index (Phi) is 4.07. The average molecular weight is 439 g/mol. The van der Waals surface area contributed by atoms with E-state index in [1.807, 2.05) is 0 Å². The Morgan fingerprint density at radius 1 is 0.529 bits per heavy atom. The molecule has 1 aliphatic carbocycles. The van der Waals surface area contributed by atoms with E-state index in [4.69, 9.17) is 0 Å². The number of carboxylic acid groups (broad SMARTS) is 1. The maximum absolute atomic E-state index is 11.7. The van der Waals surface area contributed by atoms with Gasteiger partial charge in [-0.15, -0.1) is 0 Å². The molecule has 0 saturated heterocycles. The Morgan fingerprint density at radius 3 is 1.24 bits per heavy atom. The van der Waals surface area contributed by atoms with E-state index in [2.05, 4.69) is 97.1 Å². The number of aliphatic carboxylic acids is 1. The van der Waals surface area contributed by atoms with Gasteiger partial charge in [-0.2, -0.15) is 0 Å². The van der Waals surface area contributed by atoms with Crippen LogP contribution in [0.5, 0.6) is 0 Å². The van der Waals surface area contributed by atoms with Crippen molar-refractivity contribution in [3.8, 4) is 11.1 Å². The molecule has 0 amide bonds. The van der Waals surface area contributed by atoms with Crippen molar-refractivity contribution in [2.45, 2.75) is 18.8 Å². The first-order valence-corrected chi connectivity index (χ1v) is 11.8. The Labute approximate surface area is 197 Å². The fourth-order valence-electron chi connectivity index (χ4n) is 6.30. The molecular weight excluding hydrogens is 416 g/mol. The van der Waals surface area contributed by atoms with E-state index in [1.54, 1.807) is 0 Å². The second-order valence-electron chi connectivity index (χ2n) is 9.24. The molecule has 0 spiro atoms. The summed E-state index contributed by atoms with van der Waals surface area (Å²) in [5, 5.41) is 19.6. The summed E-state index contributed by atoms with van der Waals surface area (Å²) in [5.41, 5.74) is 5.13. The van der Waals surface area contributed by atoms with Crippen LogP contribution >= 0.6 is 0 Å². The third kappa shape index (κ3) is 2.54. The van der Waals surface area contributed by atoms with Gasteiger partial charge in [0.25, 0.3) is 0 Å². The van der Waals surface area contributed by atoms with Crippen LogP contribution in [-0.4, -0.2) is 11.1 Å². The number of rotatable bonds is 3. The van der Waals surface area contributed by atoms with E-state index in [0.717, 1.165) is 0 Å². The normalized spacial score (nSPS) is 13.1. The van der Waals surface area contributed by atoms with Crippen LogP contribution in [-0.2, 0) is 4.79 Å². The zero-order chi connectivity index (χ0) is 22.8. The highest BCUT2D eigenvalue weighted by Gasteiger charge is 2.35. The topological polar surface area (TPSA) is 37.3 Å². The molecule has 2 nitrogen and oxygen atoms in total. The smallest absolute Gasteiger partial charge is 0.303 e. The maximum Gasteiger partial charge on any atom is 0.303 e. The van der Waals surface area contributed by atoms with Crippen LogP contribution in [0.4, 0.5) is 0 Å². The van der Waals surface area contributed by atoms with Crippen LogP contribution in [0.3, 0.4) is 0 Å². The molecule has 0 aliphatic heterocycles. The molecule has 34 heavy (non-hydrogen) atoms. The van der Waals surface area contributed by atoms with E-state index in [9.17, 15) is 9.90 Å². The molecule has 162 valence electrons. The molecule has 0 saturated carbocycles. The second kappa shape index (κ2) is 7.16. The van der Waals surface area contributed by atoms with Crippen molar-refractivity contribution in [1.29, 1.82) is 0 Å². The lowest BCUT2D eigenvalue weighted by atomic mass is 9.85. The van der Waals surface area contributed by atoms with Crippen molar-refractivity contribution in [3.05, 3.63) is 108 Å². The summed E-state index contributed by atoms with van der Waals surface area (Å²) >= 11 is 0. The van der Waals surface area contributed by atoms with Gasteiger partial charge >= 0.3 is 5.97 Å². The molecule has 7 rings (SSSR count). The lowest BCUT2D eigenvalue weighted by molar-refractivity contribution is -0.137. The third-order valence-electron chi connectivity index (χ3n) is 7.54. The Bertz CT molecular complexity index is 1670. The molecule has 0 radical (unpaired) electrons. The predicted octanol–water partition coefficient (Wildman–Crippen LogP) is 8.28. The van der Waals surface area contributed by atoms with Crippen molar-refractivity contribution >= 4 is 49.1 Å². The number of fused-ring (bicyclic) bond motifs is 13. The molecular formula is C32H22O2. The first-order chi connectivity index (χ1) is 16.7. The zero-order valence-electron chi connectivity index (χ0n) is 18.6. The molecule has 1 N–H and O–H groups in total. The van der Waals surface area contributed by atoms with Gasteiger partial charge in [0.05, 0.1) is 0 Å². The summed E-state index contributed by atoms with van der Waals surface area (Å²) < 4.78 is 0. The van der Waals surface area contributed by atoms with Gasteiger partial charge in [-0.1, -0.05) is 97.1 Å². The maximum atomic E-state index is 11.7. The first kappa shape index (κ1) is 19.3. The van der Waals surface area contributed by atoms with Crippen LogP contribution in [0.15, 0.2) is 97.1 Å². The highest BCUT2D eigenvalue weighted by molar-refractivity contribution is 6.25. The molecule has 6 aromatic carbocycles. The molecule has 0 aromatic heterocycles. The monoisotopic (exact) mass is 438 g/mol. The fraction of sp³-hybridized carbons (Fsp3) is 0.0938. The summed E-state index contributed by atoms with van der Waals surface area (Å²) in [5.74, 6) is -0.713. The highest BCUT2D eigenvalue weighted by atomic mass is 16.4. The lowest BCUT2D eigenvalue weighted by Gasteiger charge is -2.18. The number of carboxylic acids is 1. The first-order valence-electron chi connectivity index (χ1n) is 11.8. The molecule has 0 unspecified atom stereocenters. The third-order valence-corrected chi connectivity index (χ3v) is 7.54. The van der Waals surface area contributed by atoms with Gasteiger partial charge in [-0.25, -0.2) is 0 Å². The second-order valence-corrected chi connectivity index (χ2v) is 9.24. The van der Waals surface area contributed by atoms with Gasteiger partial charge in [-0.05, 0) is 71.8 Å². The van der Waals surface area contributed by atoms with Crippen molar-refractivity contribution in [2.75, 3.05) is 0 Å². The Hall–Kier alpha value is -4.17. The van der Waals surface area contributed by atoms with E-state index in [-0.39, 0.29) is 12.3 Å². The van der Waals surface area contributed by atoms with Gasteiger partial charge in [0.2, 0.25) is 0 Å². The quantitative estimate of drug-likeness (QED) is 0.282. The molecule has 6 aromatic rings. The largest absolute Gasteiger partial charge is 0.481 e. The van der Waals surface area contributed by atoms with Gasteiger partial charge in [-0.3, -0.25) is 4.79 Å². The summed E-state index contributed by atoms with van der Waals surface area (Å²) in [4.78, 5) is 11.7. The van der Waals surface area contributed by atoms with Crippen LogP contribution in [0.1, 0.15) is 29.9 Å². The van der Waals surface area contributed by atoms with E-state index >= 15 is 0 Å². The lowest BCUT2D eigenvalue weighted by Crippen LogP contribution is -2.03. The summed E-state index contributed by atoms with van der Waals surface area (Å²) in [7, 11) is 0. The molecule has 1 aliphatic rings. The zero-order valence-corrected chi connectivity index (χ0v) is 18.6.